The summed E-state index contributed by atoms with van der Waals surface area (Å²) in [5, 5.41) is 0. The van der Waals surface area contributed by atoms with E-state index in [1.807, 2.05) is 0 Å². The first kappa shape index (κ1) is 14.5. The van der Waals surface area contributed by atoms with Crippen LogP contribution in [0.4, 0.5) is 0 Å². The summed E-state index contributed by atoms with van der Waals surface area (Å²) in [6.45, 7) is 0.630. The van der Waals surface area contributed by atoms with E-state index in [1.165, 1.54) is 0 Å². The predicted octanol–water partition coefficient (Wildman–Crippen LogP) is -0.0311. The maximum absolute atomic E-state index is 10.0. The number of nitrogens with two attached hydrogens (primary N) is 1. The Kier molecular flexibility index (Phi) is 9.30. The molecule has 0 rings (SSSR count). The summed E-state index contributed by atoms with van der Waals surface area (Å²) in [7, 11) is -4.50. The molecule has 0 aromatic rings. The van der Waals surface area contributed by atoms with E-state index < -0.39 is 7.82 Å². The van der Waals surface area contributed by atoms with Gasteiger partial charge in [-0.15, -0.1) is 0 Å². The number of unbranched alkanes of at least 4 members (excludes halogenated alkanes) is 2. The van der Waals surface area contributed by atoms with Crippen molar-refractivity contribution in [3.05, 3.63) is 0 Å². The lowest BCUT2D eigenvalue weighted by Gasteiger charge is -2.14. The first-order valence-corrected chi connectivity index (χ1v) is 4.94. The zero-order chi connectivity index (χ0) is 8.74. The molecule has 0 saturated carbocycles. The van der Waals surface area contributed by atoms with Crippen LogP contribution in [0.1, 0.15) is 19.3 Å². The molecular formula is C5H17N2O4P. The summed E-state index contributed by atoms with van der Waals surface area (Å²) >= 11 is 0. The Labute approximate surface area is 71.9 Å². The third-order valence-electron chi connectivity index (χ3n) is 1.10. The van der Waals surface area contributed by atoms with Crippen molar-refractivity contribution < 1.29 is 18.9 Å². The van der Waals surface area contributed by atoms with Gasteiger partial charge in [0.2, 0.25) is 0 Å². The van der Waals surface area contributed by atoms with Crippen LogP contribution in [0.25, 0.3) is 0 Å². The minimum atomic E-state index is -4.50. The Balaban J connectivity index is 0. The molecule has 0 heterocycles. The second kappa shape index (κ2) is 7.67. The normalized spacial score (nSPS) is 14.9. The summed E-state index contributed by atoms with van der Waals surface area (Å²) in [6.07, 6.45) is 2.26. The summed E-state index contributed by atoms with van der Waals surface area (Å²) in [5.41, 5.74) is 5.19. The topological polar surface area (TPSA) is 132 Å². The van der Waals surface area contributed by atoms with Crippen LogP contribution in [0.15, 0.2) is 0 Å². The molecule has 0 aromatic heterocycles. The van der Waals surface area contributed by atoms with Gasteiger partial charge in [0.25, 0.3) is 7.82 Å². The van der Waals surface area contributed by atoms with Crippen molar-refractivity contribution in [3.8, 4) is 0 Å². The molecule has 1 unspecified atom stereocenters. The Morgan fingerprint density at radius 2 is 2.00 bits per heavy atom. The molecule has 0 aliphatic heterocycles. The van der Waals surface area contributed by atoms with Gasteiger partial charge in [0.05, 0.1) is 6.61 Å². The van der Waals surface area contributed by atoms with Gasteiger partial charge in [0.15, 0.2) is 0 Å². The van der Waals surface area contributed by atoms with Gasteiger partial charge in [-0.05, 0) is 25.8 Å². The average molecular weight is 200 g/mol. The van der Waals surface area contributed by atoms with Crippen LogP contribution in [0.2, 0.25) is 0 Å². The molecule has 0 bridgehead atoms. The molecule has 7 heteroatoms. The number of phosphoric ester groups is 1. The monoisotopic (exact) mass is 200 g/mol. The molecule has 0 saturated heterocycles. The number of rotatable bonds is 6. The van der Waals surface area contributed by atoms with Crippen molar-refractivity contribution in [1.82, 2.24) is 6.15 Å². The van der Waals surface area contributed by atoms with E-state index in [9.17, 15) is 9.46 Å². The van der Waals surface area contributed by atoms with Gasteiger partial charge in [-0.1, -0.05) is 0 Å². The summed E-state index contributed by atoms with van der Waals surface area (Å²) in [5.74, 6) is 0. The highest BCUT2D eigenvalue weighted by molar-refractivity contribution is 7.44. The Morgan fingerprint density at radius 3 is 2.42 bits per heavy atom. The highest BCUT2D eigenvalue weighted by Crippen LogP contribution is 2.30. The average Bonchev–Trinajstić information content (AvgIpc) is 1.85. The fourth-order valence-electron chi connectivity index (χ4n) is 0.603. The van der Waals surface area contributed by atoms with Crippen molar-refractivity contribution in [2.24, 2.45) is 5.73 Å². The maximum Gasteiger partial charge on any atom is 0.265 e. The molecule has 6 nitrogen and oxygen atoms in total. The molecule has 7 N–H and O–H groups in total. The number of hydrogen-bond donors (Lipinski definition) is 3. The number of hydrogen-bond acceptors (Lipinski definition) is 4. The minimum Gasteiger partial charge on any atom is -0.756 e. The molecule has 0 radical (unpaired) electrons. The molecule has 0 aliphatic rings. The lowest BCUT2D eigenvalue weighted by molar-refractivity contribution is -0.219. The van der Waals surface area contributed by atoms with E-state index in [0.717, 1.165) is 12.8 Å². The fraction of sp³-hybridized carbons (Fsp3) is 1.00. The van der Waals surface area contributed by atoms with Crippen molar-refractivity contribution in [3.63, 3.8) is 0 Å². The quantitative estimate of drug-likeness (QED) is 0.409. The molecule has 0 spiro atoms. The zero-order valence-corrected chi connectivity index (χ0v) is 8.13. The van der Waals surface area contributed by atoms with Crippen LogP contribution in [0.3, 0.4) is 0 Å². The van der Waals surface area contributed by atoms with E-state index in [-0.39, 0.29) is 12.8 Å². The standard InChI is InChI=1S/C5H14NO4P.H3N/c6-4-2-1-3-5-10-11(7,8)9;/h1-6H2,(H2,7,8,9);1H3. The second-order valence-electron chi connectivity index (χ2n) is 2.15. The van der Waals surface area contributed by atoms with Gasteiger partial charge >= 0.3 is 0 Å². The Bertz CT molecular complexity index is 137. The summed E-state index contributed by atoms with van der Waals surface area (Å²) < 4.78 is 14.1. The lowest BCUT2D eigenvalue weighted by atomic mass is 10.2. The minimum absolute atomic E-state index is 0. The third-order valence-corrected chi connectivity index (χ3v) is 1.61. The molecule has 1 atom stereocenters. The second-order valence-corrected chi connectivity index (χ2v) is 3.35. The fourth-order valence-corrected chi connectivity index (χ4v) is 0.963. The van der Waals surface area contributed by atoms with Crippen molar-refractivity contribution in [2.45, 2.75) is 19.3 Å². The highest BCUT2D eigenvalue weighted by Gasteiger charge is 1.99. The van der Waals surface area contributed by atoms with E-state index in [0.29, 0.717) is 13.0 Å². The van der Waals surface area contributed by atoms with Crippen LogP contribution >= 0.6 is 7.82 Å². The first-order chi connectivity index (χ1) is 5.06. The lowest BCUT2D eigenvalue weighted by Crippen LogP contribution is -2.05. The summed E-state index contributed by atoms with van der Waals surface area (Å²) in [6, 6.07) is 0. The van der Waals surface area contributed by atoms with Crippen molar-refractivity contribution in [2.75, 3.05) is 13.2 Å². The van der Waals surface area contributed by atoms with E-state index in [1.54, 1.807) is 0 Å². The van der Waals surface area contributed by atoms with Gasteiger partial charge in [0.1, 0.15) is 0 Å². The molecular weight excluding hydrogens is 183 g/mol. The van der Waals surface area contributed by atoms with Crippen LogP contribution in [0.5, 0.6) is 0 Å². The van der Waals surface area contributed by atoms with Crippen LogP contribution in [-0.4, -0.2) is 18.0 Å². The molecule has 0 amide bonds. The molecule has 0 fully saturated rings. The zero-order valence-electron chi connectivity index (χ0n) is 7.23. The van der Waals surface area contributed by atoms with Gasteiger partial charge in [-0.3, -0.25) is 4.57 Å². The Morgan fingerprint density at radius 1 is 1.42 bits per heavy atom. The Hall–Kier alpha value is 0.0300. The molecule has 0 aromatic carbocycles. The van der Waals surface area contributed by atoms with E-state index in [4.69, 9.17) is 10.6 Å². The molecule has 12 heavy (non-hydrogen) atoms. The molecule has 0 aliphatic carbocycles. The van der Waals surface area contributed by atoms with Gasteiger partial charge in [-0.2, -0.15) is 0 Å². The predicted molar refractivity (Wildman–Crippen MR) is 44.7 cm³/mol. The van der Waals surface area contributed by atoms with Crippen LogP contribution in [0, 0.1) is 0 Å². The molecule has 76 valence electrons. The van der Waals surface area contributed by atoms with Gasteiger partial charge < -0.3 is 26.2 Å². The SMILES string of the molecule is NCCCCCOP(=O)([O-])O.[NH4+]. The smallest absolute Gasteiger partial charge is 0.265 e. The van der Waals surface area contributed by atoms with E-state index in [2.05, 4.69) is 4.52 Å². The van der Waals surface area contributed by atoms with Gasteiger partial charge in [-0.25, -0.2) is 0 Å². The van der Waals surface area contributed by atoms with Crippen molar-refractivity contribution in [1.29, 1.82) is 0 Å². The van der Waals surface area contributed by atoms with Crippen molar-refractivity contribution >= 4 is 7.82 Å². The largest absolute Gasteiger partial charge is 0.756 e. The summed E-state index contributed by atoms with van der Waals surface area (Å²) in [4.78, 5) is 18.1. The number of quaternary nitrogens is 1. The van der Waals surface area contributed by atoms with Crippen LogP contribution < -0.4 is 16.8 Å². The number of phosphoric acid groups is 1. The van der Waals surface area contributed by atoms with Gasteiger partial charge in [0, 0.05) is 0 Å². The maximum atomic E-state index is 10.0. The first-order valence-electron chi connectivity index (χ1n) is 3.44. The van der Waals surface area contributed by atoms with Crippen LogP contribution in [-0.2, 0) is 9.09 Å². The van der Waals surface area contributed by atoms with E-state index >= 15 is 0 Å². The highest BCUT2D eigenvalue weighted by atomic mass is 31.2. The third kappa shape index (κ3) is 12.7.